The van der Waals surface area contributed by atoms with Crippen molar-refractivity contribution >= 4 is 11.7 Å². The van der Waals surface area contributed by atoms with Crippen molar-refractivity contribution in [3.8, 4) is 0 Å². The van der Waals surface area contributed by atoms with Gasteiger partial charge in [-0.2, -0.15) is 0 Å². The second-order valence-electron chi connectivity index (χ2n) is 3.88. The fourth-order valence-corrected chi connectivity index (χ4v) is 1.21. The maximum Gasteiger partial charge on any atom is 0.289 e. The van der Waals surface area contributed by atoms with E-state index in [4.69, 9.17) is 4.74 Å². The van der Waals surface area contributed by atoms with Crippen molar-refractivity contribution in [1.29, 1.82) is 0 Å². The van der Waals surface area contributed by atoms with E-state index in [1.807, 2.05) is 26.0 Å². The van der Waals surface area contributed by atoms with Gasteiger partial charge in [-0.1, -0.05) is 0 Å². The number of aromatic nitrogens is 1. The van der Waals surface area contributed by atoms with E-state index in [0.717, 1.165) is 5.69 Å². The molecular formula is C10H13N3O. The van der Waals surface area contributed by atoms with Crippen molar-refractivity contribution in [2.45, 2.75) is 19.4 Å². The average molecular weight is 191 g/mol. The van der Waals surface area contributed by atoms with Crippen LogP contribution in [0.5, 0.6) is 0 Å². The van der Waals surface area contributed by atoms with Gasteiger partial charge < -0.3 is 10.1 Å². The summed E-state index contributed by atoms with van der Waals surface area (Å²) in [5.74, 6) is 0. The molecule has 2 rings (SSSR count). The number of aliphatic imine (C=N–C) groups is 1. The summed E-state index contributed by atoms with van der Waals surface area (Å²) < 4.78 is 5.38. The molecular weight excluding hydrogens is 178 g/mol. The van der Waals surface area contributed by atoms with Crippen LogP contribution in [0.2, 0.25) is 0 Å². The van der Waals surface area contributed by atoms with E-state index in [9.17, 15) is 0 Å². The second kappa shape index (κ2) is 3.29. The summed E-state index contributed by atoms with van der Waals surface area (Å²) in [6.07, 6.45) is 3.46. The summed E-state index contributed by atoms with van der Waals surface area (Å²) in [6, 6.07) is 4.36. The number of nitrogens with one attached hydrogen (secondary N) is 1. The van der Waals surface area contributed by atoms with Crippen molar-refractivity contribution in [2.24, 2.45) is 4.99 Å². The predicted octanol–water partition coefficient (Wildman–Crippen LogP) is 1.66. The monoisotopic (exact) mass is 191 g/mol. The number of anilines is 1. The first-order valence-electron chi connectivity index (χ1n) is 4.55. The third kappa shape index (κ3) is 2.02. The van der Waals surface area contributed by atoms with Gasteiger partial charge in [-0.15, -0.1) is 0 Å². The molecule has 0 unspecified atom stereocenters. The van der Waals surface area contributed by atoms with E-state index in [1.165, 1.54) is 0 Å². The standard InChI is InChI=1S/C10H13N3O/c1-10(2)7-14-9(13-10)12-8-4-3-5-11-6-8/h3-6H,7H2,1-2H3,(H,12,13). The van der Waals surface area contributed by atoms with E-state index in [1.54, 1.807) is 12.4 Å². The van der Waals surface area contributed by atoms with Gasteiger partial charge in [0.2, 0.25) is 0 Å². The van der Waals surface area contributed by atoms with Crippen LogP contribution in [0.15, 0.2) is 29.5 Å². The third-order valence-corrected chi connectivity index (χ3v) is 1.88. The van der Waals surface area contributed by atoms with Gasteiger partial charge in [-0.05, 0) is 26.0 Å². The van der Waals surface area contributed by atoms with Crippen LogP contribution < -0.4 is 5.32 Å². The molecule has 14 heavy (non-hydrogen) atoms. The molecule has 1 aliphatic rings. The Morgan fingerprint density at radius 2 is 2.36 bits per heavy atom. The summed E-state index contributed by atoms with van der Waals surface area (Å²) >= 11 is 0. The van der Waals surface area contributed by atoms with Crippen LogP contribution in [0.4, 0.5) is 5.69 Å². The zero-order valence-electron chi connectivity index (χ0n) is 8.32. The first kappa shape index (κ1) is 8.99. The largest absolute Gasteiger partial charge is 0.462 e. The Morgan fingerprint density at radius 1 is 1.50 bits per heavy atom. The van der Waals surface area contributed by atoms with E-state index < -0.39 is 0 Å². The van der Waals surface area contributed by atoms with Crippen molar-refractivity contribution in [3.05, 3.63) is 24.5 Å². The predicted molar refractivity (Wildman–Crippen MR) is 55.3 cm³/mol. The van der Waals surface area contributed by atoms with Gasteiger partial charge in [0.25, 0.3) is 6.02 Å². The molecule has 0 saturated heterocycles. The van der Waals surface area contributed by atoms with Crippen LogP contribution in [0, 0.1) is 0 Å². The molecule has 0 bridgehead atoms. The SMILES string of the molecule is CC1(C)COC(Nc2cccnc2)=N1. The number of rotatable bonds is 1. The summed E-state index contributed by atoms with van der Waals surface area (Å²) in [4.78, 5) is 8.36. The van der Waals surface area contributed by atoms with Gasteiger partial charge in [0.15, 0.2) is 0 Å². The van der Waals surface area contributed by atoms with Gasteiger partial charge in [-0.25, -0.2) is 4.99 Å². The molecule has 0 aromatic carbocycles. The maximum absolute atomic E-state index is 5.38. The molecule has 0 radical (unpaired) electrons. The lowest BCUT2D eigenvalue weighted by Gasteiger charge is -2.07. The highest BCUT2D eigenvalue weighted by Crippen LogP contribution is 2.17. The summed E-state index contributed by atoms with van der Waals surface area (Å²) in [5.41, 5.74) is 0.772. The van der Waals surface area contributed by atoms with Gasteiger partial charge >= 0.3 is 0 Å². The highest BCUT2D eigenvalue weighted by Gasteiger charge is 2.26. The molecule has 4 nitrogen and oxygen atoms in total. The minimum atomic E-state index is -0.120. The molecule has 0 aliphatic carbocycles. The number of ether oxygens (including phenoxy) is 1. The zero-order chi connectivity index (χ0) is 10.0. The van der Waals surface area contributed by atoms with E-state index >= 15 is 0 Å². The van der Waals surface area contributed by atoms with Crippen LogP contribution in [0.3, 0.4) is 0 Å². The molecule has 1 aromatic rings. The second-order valence-corrected chi connectivity index (χ2v) is 3.88. The highest BCUT2D eigenvalue weighted by atomic mass is 16.5. The van der Waals surface area contributed by atoms with Crippen molar-refractivity contribution in [3.63, 3.8) is 0 Å². The normalized spacial score (nSPS) is 18.6. The molecule has 4 heteroatoms. The number of pyridine rings is 1. The minimum Gasteiger partial charge on any atom is -0.462 e. The fraction of sp³-hybridized carbons (Fsp3) is 0.400. The third-order valence-electron chi connectivity index (χ3n) is 1.88. The smallest absolute Gasteiger partial charge is 0.289 e. The molecule has 0 spiro atoms. The minimum absolute atomic E-state index is 0.120. The molecule has 74 valence electrons. The number of hydrogen-bond acceptors (Lipinski definition) is 4. The van der Waals surface area contributed by atoms with E-state index in [2.05, 4.69) is 15.3 Å². The van der Waals surface area contributed by atoms with E-state index in [0.29, 0.717) is 12.6 Å². The molecule has 1 N–H and O–H groups in total. The Labute approximate surface area is 83.0 Å². The van der Waals surface area contributed by atoms with Crippen molar-refractivity contribution in [1.82, 2.24) is 4.98 Å². The molecule has 0 saturated carbocycles. The number of nitrogens with zero attached hydrogens (tertiary/aromatic N) is 2. The summed E-state index contributed by atoms with van der Waals surface area (Å²) in [5, 5.41) is 3.06. The zero-order valence-corrected chi connectivity index (χ0v) is 8.32. The van der Waals surface area contributed by atoms with Crippen LogP contribution >= 0.6 is 0 Å². The Kier molecular flexibility index (Phi) is 2.11. The van der Waals surface area contributed by atoms with Crippen LogP contribution in [0.25, 0.3) is 0 Å². The summed E-state index contributed by atoms with van der Waals surface area (Å²) in [7, 11) is 0. The molecule has 0 fully saturated rings. The number of hydrogen-bond donors (Lipinski definition) is 1. The average Bonchev–Trinajstić information content (AvgIpc) is 2.47. The first-order valence-corrected chi connectivity index (χ1v) is 4.55. The first-order chi connectivity index (χ1) is 6.66. The Hall–Kier alpha value is -1.58. The quantitative estimate of drug-likeness (QED) is 0.734. The molecule has 1 aromatic heterocycles. The highest BCUT2D eigenvalue weighted by molar-refractivity contribution is 5.90. The Balaban J connectivity index is 2.07. The van der Waals surface area contributed by atoms with Crippen molar-refractivity contribution < 1.29 is 4.74 Å². The fourth-order valence-electron chi connectivity index (χ4n) is 1.21. The van der Waals surface area contributed by atoms with Crippen LogP contribution in [0.1, 0.15) is 13.8 Å². The van der Waals surface area contributed by atoms with Crippen molar-refractivity contribution in [2.75, 3.05) is 11.9 Å². The Bertz CT molecular complexity index is 346. The maximum atomic E-state index is 5.38. The molecule has 0 atom stereocenters. The van der Waals surface area contributed by atoms with Crippen LogP contribution in [-0.4, -0.2) is 23.2 Å². The topological polar surface area (TPSA) is 46.5 Å². The van der Waals surface area contributed by atoms with E-state index in [-0.39, 0.29) is 5.54 Å². The lowest BCUT2D eigenvalue weighted by molar-refractivity contribution is 0.278. The van der Waals surface area contributed by atoms with Gasteiger partial charge in [0, 0.05) is 6.20 Å². The van der Waals surface area contributed by atoms with Gasteiger partial charge in [0.05, 0.1) is 17.4 Å². The molecule has 2 heterocycles. The lowest BCUT2D eigenvalue weighted by atomic mass is 10.1. The molecule has 0 amide bonds. The van der Waals surface area contributed by atoms with Crippen LogP contribution in [-0.2, 0) is 4.74 Å². The van der Waals surface area contributed by atoms with Gasteiger partial charge in [-0.3, -0.25) is 4.98 Å². The summed E-state index contributed by atoms with van der Waals surface area (Å²) in [6.45, 7) is 4.69. The van der Waals surface area contributed by atoms with Gasteiger partial charge in [0.1, 0.15) is 6.61 Å². The number of amidine groups is 1. The molecule has 1 aliphatic heterocycles. The lowest BCUT2D eigenvalue weighted by Crippen LogP contribution is -2.17. The Morgan fingerprint density at radius 3 is 2.93 bits per heavy atom.